The Balaban J connectivity index is 3.35. The molecule has 1 nitrogen and oxygen atoms in total. The van der Waals surface area contributed by atoms with Gasteiger partial charge in [-0.2, -0.15) is 0 Å². The van der Waals surface area contributed by atoms with Gasteiger partial charge in [0, 0.05) is 5.56 Å². The van der Waals surface area contributed by atoms with E-state index in [0.29, 0.717) is 0 Å². The number of allylic oxidation sites excluding steroid dienone is 2. The molecule has 1 rings (SSSR count). The van der Waals surface area contributed by atoms with Crippen LogP contribution in [-0.2, 0) is 0 Å². The second kappa shape index (κ2) is 4.66. The van der Waals surface area contributed by atoms with Crippen LogP contribution in [0, 0.1) is 0 Å². The summed E-state index contributed by atoms with van der Waals surface area (Å²) in [5, 5.41) is 0. The number of ether oxygens (including phenoxy) is 1. The van der Waals surface area contributed by atoms with Crippen LogP contribution in [-0.4, -0.2) is 7.11 Å². The molecule has 14 heavy (non-hydrogen) atoms. The molecule has 0 heterocycles. The molecule has 0 unspecified atom stereocenters. The third kappa shape index (κ3) is 2.05. The van der Waals surface area contributed by atoms with Crippen LogP contribution in [0.4, 0.5) is 0 Å². The van der Waals surface area contributed by atoms with E-state index in [4.69, 9.17) is 4.74 Å². The first-order valence-corrected chi connectivity index (χ1v) is 4.66. The molecule has 0 fully saturated rings. The Kier molecular flexibility index (Phi) is 3.52. The number of hydrogen-bond donors (Lipinski definition) is 0. The molecule has 0 aromatic heterocycles. The molecule has 1 heteroatoms. The lowest BCUT2D eigenvalue weighted by Gasteiger charge is -2.11. The quantitative estimate of drug-likeness (QED) is 0.701. The molecule has 0 radical (unpaired) electrons. The third-order valence-corrected chi connectivity index (χ3v) is 2.05. The second-order valence-corrected chi connectivity index (χ2v) is 3.20. The summed E-state index contributed by atoms with van der Waals surface area (Å²) in [6.45, 7) is 7.96. The number of hydrogen-bond acceptors (Lipinski definition) is 1. The van der Waals surface area contributed by atoms with E-state index in [9.17, 15) is 0 Å². The van der Waals surface area contributed by atoms with E-state index in [-0.39, 0.29) is 0 Å². The average molecular weight is 188 g/mol. The van der Waals surface area contributed by atoms with E-state index in [0.717, 1.165) is 22.4 Å². The van der Waals surface area contributed by atoms with E-state index < -0.39 is 0 Å². The number of rotatable bonds is 3. The molecule has 0 bridgehead atoms. The van der Waals surface area contributed by atoms with Gasteiger partial charge in [-0.25, -0.2) is 0 Å². The maximum absolute atomic E-state index is 5.30. The molecule has 0 amide bonds. The highest BCUT2D eigenvalue weighted by Gasteiger charge is 2.06. The molecule has 0 saturated carbocycles. The van der Waals surface area contributed by atoms with Crippen molar-refractivity contribution < 1.29 is 4.74 Å². The van der Waals surface area contributed by atoms with Crippen molar-refractivity contribution in [2.24, 2.45) is 0 Å². The number of benzene rings is 1. The van der Waals surface area contributed by atoms with Crippen molar-refractivity contribution in [3.63, 3.8) is 0 Å². The van der Waals surface area contributed by atoms with Crippen LogP contribution in [0.3, 0.4) is 0 Å². The Morgan fingerprint density at radius 1 is 1.43 bits per heavy atom. The van der Waals surface area contributed by atoms with Crippen molar-refractivity contribution in [2.45, 2.75) is 13.8 Å². The van der Waals surface area contributed by atoms with Crippen molar-refractivity contribution in [2.75, 3.05) is 7.11 Å². The zero-order valence-corrected chi connectivity index (χ0v) is 9.00. The van der Waals surface area contributed by atoms with E-state index in [1.807, 2.05) is 32.1 Å². The molecule has 0 spiro atoms. The minimum Gasteiger partial charge on any atom is -0.496 e. The fourth-order valence-corrected chi connectivity index (χ4v) is 1.49. The summed E-state index contributed by atoms with van der Waals surface area (Å²) in [7, 11) is 1.68. The zero-order valence-electron chi connectivity index (χ0n) is 9.00. The summed E-state index contributed by atoms with van der Waals surface area (Å²) in [4.78, 5) is 0. The highest BCUT2D eigenvalue weighted by molar-refractivity contribution is 5.76. The predicted octanol–water partition coefficient (Wildman–Crippen LogP) is 3.76. The zero-order chi connectivity index (χ0) is 10.6. The number of methoxy groups -OCH3 is 1. The molecular weight excluding hydrogens is 172 g/mol. The van der Waals surface area contributed by atoms with Crippen molar-refractivity contribution in [1.29, 1.82) is 0 Å². The minimum absolute atomic E-state index is 0.883. The van der Waals surface area contributed by atoms with Gasteiger partial charge < -0.3 is 4.74 Å². The molecule has 0 saturated heterocycles. The lowest BCUT2D eigenvalue weighted by Crippen LogP contribution is -1.92. The summed E-state index contributed by atoms with van der Waals surface area (Å²) >= 11 is 0. The summed E-state index contributed by atoms with van der Waals surface area (Å²) < 4.78 is 5.30. The molecule has 0 N–H and O–H groups in total. The van der Waals surface area contributed by atoms with E-state index >= 15 is 0 Å². The topological polar surface area (TPSA) is 9.23 Å². The van der Waals surface area contributed by atoms with Crippen LogP contribution in [0.25, 0.3) is 11.6 Å². The van der Waals surface area contributed by atoms with Gasteiger partial charge in [-0.15, -0.1) is 0 Å². The van der Waals surface area contributed by atoms with Crippen molar-refractivity contribution in [3.8, 4) is 5.75 Å². The molecule has 0 atom stereocenters. The summed E-state index contributed by atoms with van der Waals surface area (Å²) in [6.07, 6.45) is 4.08. The van der Waals surface area contributed by atoms with Crippen molar-refractivity contribution in [1.82, 2.24) is 0 Å². The van der Waals surface area contributed by atoms with Gasteiger partial charge in [0.1, 0.15) is 5.75 Å². The molecule has 0 aliphatic heterocycles. The first-order chi connectivity index (χ1) is 6.70. The van der Waals surface area contributed by atoms with Gasteiger partial charge >= 0.3 is 0 Å². The van der Waals surface area contributed by atoms with Crippen LogP contribution in [0.2, 0.25) is 0 Å². The van der Waals surface area contributed by atoms with Gasteiger partial charge in [0.25, 0.3) is 0 Å². The Morgan fingerprint density at radius 2 is 2.14 bits per heavy atom. The van der Waals surface area contributed by atoms with Crippen molar-refractivity contribution in [3.05, 3.63) is 42.0 Å². The van der Waals surface area contributed by atoms with Gasteiger partial charge in [0.05, 0.1) is 7.11 Å². The lowest BCUT2D eigenvalue weighted by atomic mass is 10.0. The smallest absolute Gasteiger partial charge is 0.126 e. The highest BCUT2D eigenvalue weighted by Crippen LogP contribution is 2.29. The largest absolute Gasteiger partial charge is 0.496 e. The van der Waals surface area contributed by atoms with Crippen molar-refractivity contribution >= 4 is 11.6 Å². The maximum Gasteiger partial charge on any atom is 0.126 e. The molecule has 74 valence electrons. The first kappa shape index (κ1) is 10.6. The van der Waals surface area contributed by atoms with E-state index in [2.05, 4.69) is 18.7 Å². The molecule has 0 aliphatic carbocycles. The summed E-state index contributed by atoms with van der Waals surface area (Å²) in [5.41, 5.74) is 3.27. The minimum atomic E-state index is 0.883. The SMILES string of the molecule is C=C(C)c1c(C=CC)cccc1OC. The Morgan fingerprint density at radius 3 is 2.64 bits per heavy atom. The first-order valence-electron chi connectivity index (χ1n) is 4.66. The monoisotopic (exact) mass is 188 g/mol. The lowest BCUT2D eigenvalue weighted by molar-refractivity contribution is 0.413. The highest BCUT2D eigenvalue weighted by atomic mass is 16.5. The second-order valence-electron chi connectivity index (χ2n) is 3.20. The van der Waals surface area contributed by atoms with Crippen LogP contribution in [0.1, 0.15) is 25.0 Å². The van der Waals surface area contributed by atoms with Crippen LogP contribution < -0.4 is 4.74 Å². The third-order valence-electron chi connectivity index (χ3n) is 2.05. The van der Waals surface area contributed by atoms with Gasteiger partial charge in [0.2, 0.25) is 0 Å². The fraction of sp³-hybridized carbons (Fsp3) is 0.231. The molecule has 1 aromatic rings. The van der Waals surface area contributed by atoms with Gasteiger partial charge in [-0.3, -0.25) is 0 Å². The van der Waals surface area contributed by atoms with Crippen LogP contribution in [0.5, 0.6) is 5.75 Å². The van der Waals surface area contributed by atoms with Gasteiger partial charge in [-0.05, 0) is 31.1 Å². The Bertz CT molecular complexity index is 361. The Hall–Kier alpha value is -1.50. The summed E-state index contributed by atoms with van der Waals surface area (Å²) in [6, 6.07) is 6.00. The average Bonchev–Trinajstić information content (AvgIpc) is 2.17. The summed E-state index contributed by atoms with van der Waals surface area (Å²) in [5.74, 6) is 0.883. The van der Waals surface area contributed by atoms with E-state index in [1.165, 1.54) is 0 Å². The standard InChI is InChI=1S/C13H16O/c1-5-7-11-8-6-9-12(14-4)13(11)10(2)3/h5-9H,2H2,1,3-4H3. The molecular formula is C13H16O. The van der Waals surface area contributed by atoms with Crippen LogP contribution >= 0.6 is 0 Å². The van der Waals surface area contributed by atoms with Gasteiger partial charge in [-0.1, -0.05) is 30.9 Å². The molecule has 1 aromatic carbocycles. The Labute approximate surface area is 85.7 Å². The fourth-order valence-electron chi connectivity index (χ4n) is 1.49. The van der Waals surface area contributed by atoms with Gasteiger partial charge in [0.15, 0.2) is 0 Å². The normalized spacial score (nSPS) is 10.5. The molecule has 0 aliphatic rings. The van der Waals surface area contributed by atoms with Crippen LogP contribution in [0.15, 0.2) is 30.9 Å². The maximum atomic E-state index is 5.30. The predicted molar refractivity (Wildman–Crippen MR) is 62.4 cm³/mol. The van der Waals surface area contributed by atoms with E-state index in [1.54, 1.807) is 7.11 Å².